The van der Waals surface area contributed by atoms with Crippen LogP contribution in [0.15, 0.2) is 30.3 Å². The third-order valence-electron chi connectivity index (χ3n) is 6.06. The van der Waals surface area contributed by atoms with Gasteiger partial charge in [0.1, 0.15) is 0 Å². The highest BCUT2D eigenvalue weighted by Crippen LogP contribution is 2.46. The highest BCUT2D eigenvalue weighted by Gasteiger charge is 2.43. The van der Waals surface area contributed by atoms with E-state index in [1.165, 1.54) is 51.6 Å². The van der Waals surface area contributed by atoms with E-state index in [1.807, 2.05) is 0 Å². The van der Waals surface area contributed by atoms with Gasteiger partial charge in [-0.25, -0.2) is 0 Å². The molecule has 1 aliphatic carbocycles. The first-order valence-corrected chi connectivity index (χ1v) is 8.77. The number of nitrogens with zero attached hydrogens (tertiary/aromatic N) is 1. The number of likely N-dealkylation sites (tertiary alicyclic amines) is 1. The maximum atomic E-state index is 5.89. The predicted octanol–water partition coefficient (Wildman–Crippen LogP) is 3.76. The molecule has 0 aromatic heterocycles. The van der Waals surface area contributed by atoms with Gasteiger partial charge in [0.25, 0.3) is 0 Å². The number of rotatable bonds is 4. The van der Waals surface area contributed by atoms with Crippen molar-refractivity contribution in [2.75, 3.05) is 19.6 Å². The van der Waals surface area contributed by atoms with E-state index in [-0.39, 0.29) is 0 Å². The van der Waals surface area contributed by atoms with Crippen LogP contribution in [0.5, 0.6) is 0 Å². The molecular formula is C19H30N2. The Morgan fingerprint density at radius 1 is 1.14 bits per heavy atom. The molecule has 2 fully saturated rings. The molecule has 0 bridgehead atoms. The number of benzene rings is 1. The van der Waals surface area contributed by atoms with E-state index in [1.54, 1.807) is 5.56 Å². The van der Waals surface area contributed by atoms with Gasteiger partial charge in [-0.2, -0.15) is 0 Å². The predicted molar refractivity (Wildman–Crippen MR) is 89.1 cm³/mol. The molecule has 0 amide bonds. The van der Waals surface area contributed by atoms with E-state index >= 15 is 0 Å². The van der Waals surface area contributed by atoms with Crippen LogP contribution in [0.2, 0.25) is 0 Å². The van der Waals surface area contributed by atoms with E-state index < -0.39 is 0 Å². The van der Waals surface area contributed by atoms with Crippen molar-refractivity contribution in [1.82, 2.24) is 4.90 Å². The lowest BCUT2D eigenvalue weighted by Gasteiger charge is -2.48. The summed E-state index contributed by atoms with van der Waals surface area (Å²) in [6.45, 7) is 5.74. The fourth-order valence-corrected chi connectivity index (χ4v) is 4.56. The van der Waals surface area contributed by atoms with E-state index in [4.69, 9.17) is 5.73 Å². The maximum Gasteiger partial charge on any atom is 0.0460 e. The van der Waals surface area contributed by atoms with E-state index in [2.05, 4.69) is 42.2 Å². The minimum absolute atomic E-state index is 0.308. The van der Waals surface area contributed by atoms with E-state index in [9.17, 15) is 0 Å². The number of hydrogen-bond donors (Lipinski definition) is 1. The number of nitrogens with two attached hydrogens (primary N) is 1. The van der Waals surface area contributed by atoms with Crippen LogP contribution in [-0.4, -0.2) is 24.5 Å². The first-order chi connectivity index (χ1) is 10.3. The Morgan fingerprint density at radius 2 is 1.76 bits per heavy atom. The Labute approximate surface area is 129 Å². The monoisotopic (exact) mass is 286 g/mol. The third-order valence-corrected chi connectivity index (χ3v) is 6.06. The lowest BCUT2D eigenvalue weighted by Crippen LogP contribution is -2.47. The standard InChI is InChI=1S/C19H30N2/c1-16(15-20)17-9-11-19(12-10-17,21-13-5-6-14-21)18-7-3-2-4-8-18/h2-4,7-8,16-17H,5-6,9-15,20H2,1H3. The van der Waals surface area contributed by atoms with Gasteiger partial charge in [0.2, 0.25) is 0 Å². The zero-order chi connectivity index (χ0) is 14.7. The summed E-state index contributed by atoms with van der Waals surface area (Å²) in [6.07, 6.45) is 8.04. The second-order valence-electron chi connectivity index (χ2n) is 7.14. The molecule has 1 saturated heterocycles. The molecule has 1 unspecified atom stereocenters. The van der Waals surface area contributed by atoms with Crippen LogP contribution in [0.3, 0.4) is 0 Å². The molecular weight excluding hydrogens is 256 g/mol. The molecule has 21 heavy (non-hydrogen) atoms. The first-order valence-electron chi connectivity index (χ1n) is 8.77. The summed E-state index contributed by atoms with van der Waals surface area (Å²) in [4.78, 5) is 2.78. The Bertz CT molecular complexity index is 428. The molecule has 2 nitrogen and oxygen atoms in total. The topological polar surface area (TPSA) is 29.3 Å². The molecule has 0 radical (unpaired) electrons. The van der Waals surface area contributed by atoms with E-state index in [0.29, 0.717) is 11.5 Å². The number of hydrogen-bond acceptors (Lipinski definition) is 2. The lowest BCUT2D eigenvalue weighted by molar-refractivity contribution is 0.0429. The van der Waals surface area contributed by atoms with Crippen molar-refractivity contribution < 1.29 is 0 Å². The summed E-state index contributed by atoms with van der Waals surface area (Å²) in [7, 11) is 0. The molecule has 2 N–H and O–H groups in total. The van der Waals surface area contributed by atoms with Crippen LogP contribution >= 0.6 is 0 Å². The van der Waals surface area contributed by atoms with Crippen LogP contribution < -0.4 is 5.73 Å². The summed E-state index contributed by atoms with van der Waals surface area (Å²) in [5.74, 6) is 1.51. The van der Waals surface area contributed by atoms with Gasteiger partial charge in [0.15, 0.2) is 0 Å². The third kappa shape index (κ3) is 2.89. The van der Waals surface area contributed by atoms with Crippen LogP contribution in [0.25, 0.3) is 0 Å². The van der Waals surface area contributed by atoms with Crippen LogP contribution in [-0.2, 0) is 5.54 Å². The van der Waals surface area contributed by atoms with Gasteiger partial charge in [-0.15, -0.1) is 0 Å². The van der Waals surface area contributed by atoms with Crippen molar-refractivity contribution in [3.8, 4) is 0 Å². The second-order valence-corrected chi connectivity index (χ2v) is 7.14. The smallest absolute Gasteiger partial charge is 0.0460 e. The van der Waals surface area contributed by atoms with Gasteiger partial charge in [0.05, 0.1) is 0 Å². The van der Waals surface area contributed by atoms with Gasteiger partial charge in [-0.05, 0) is 75.6 Å². The van der Waals surface area contributed by atoms with Crippen molar-refractivity contribution >= 4 is 0 Å². The molecule has 2 heteroatoms. The quantitative estimate of drug-likeness (QED) is 0.913. The molecule has 3 rings (SSSR count). The average Bonchev–Trinajstić information content (AvgIpc) is 3.10. The molecule has 116 valence electrons. The van der Waals surface area contributed by atoms with Crippen molar-refractivity contribution in [2.45, 2.75) is 51.0 Å². The van der Waals surface area contributed by atoms with Crippen molar-refractivity contribution in [1.29, 1.82) is 0 Å². The Kier molecular flexibility index (Phi) is 4.66. The molecule has 1 saturated carbocycles. The largest absolute Gasteiger partial charge is 0.330 e. The Morgan fingerprint density at radius 3 is 2.33 bits per heavy atom. The summed E-state index contributed by atoms with van der Waals surface area (Å²) in [5.41, 5.74) is 7.75. The van der Waals surface area contributed by atoms with Crippen LogP contribution in [0.1, 0.15) is 51.0 Å². The van der Waals surface area contributed by atoms with Gasteiger partial charge < -0.3 is 5.73 Å². The van der Waals surface area contributed by atoms with Gasteiger partial charge in [-0.3, -0.25) is 4.90 Å². The SMILES string of the molecule is CC(CN)C1CCC(c2ccccc2)(N2CCCC2)CC1. The summed E-state index contributed by atoms with van der Waals surface area (Å²) in [5, 5.41) is 0. The minimum atomic E-state index is 0.308. The maximum absolute atomic E-state index is 5.89. The minimum Gasteiger partial charge on any atom is -0.330 e. The average molecular weight is 286 g/mol. The van der Waals surface area contributed by atoms with Gasteiger partial charge >= 0.3 is 0 Å². The Hall–Kier alpha value is -0.860. The zero-order valence-electron chi connectivity index (χ0n) is 13.4. The van der Waals surface area contributed by atoms with Crippen LogP contribution in [0, 0.1) is 11.8 Å². The van der Waals surface area contributed by atoms with Crippen molar-refractivity contribution in [2.24, 2.45) is 17.6 Å². The zero-order valence-corrected chi connectivity index (χ0v) is 13.4. The van der Waals surface area contributed by atoms with E-state index in [0.717, 1.165) is 12.5 Å². The molecule has 1 atom stereocenters. The van der Waals surface area contributed by atoms with Gasteiger partial charge in [-0.1, -0.05) is 37.3 Å². The molecule has 1 heterocycles. The normalized spacial score (nSPS) is 32.2. The van der Waals surface area contributed by atoms with Crippen molar-refractivity contribution in [3.05, 3.63) is 35.9 Å². The molecule has 1 aliphatic heterocycles. The Balaban J connectivity index is 1.82. The van der Waals surface area contributed by atoms with Crippen molar-refractivity contribution in [3.63, 3.8) is 0 Å². The molecule has 2 aliphatic rings. The lowest BCUT2D eigenvalue weighted by atomic mass is 9.69. The van der Waals surface area contributed by atoms with Crippen LogP contribution in [0.4, 0.5) is 0 Å². The fraction of sp³-hybridized carbons (Fsp3) is 0.684. The summed E-state index contributed by atoms with van der Waals surface area (Å²) in [6, 6.07) is 11.3. The molecule has 1 aromatic rings. The summed E-state index contributed by atoms with van der Waals surface area (Å²) < 4.78 is 0. The van der Waals surface area contributed by atoms with Gasteiger partial charge in [0, 0.05) is 5.54 Å². The second kappa shape index (κ2) is 6.50. The fourth-order valence-electron chi connectivity index (χ4n) is 4.56. The molecule has 0 spiro atoms. The summed E-state index contributed by atoms with van der Waals surface area (Å²) >= 11 is 0. The first kappa shape index (κ1) is 15.1. The highest BCUT2D eigenvalue weighted by molar-refractivity contribution is 5.26. The highest BCUT2D eigenvalue weighted by atomic mass is 15.2. The molecule has 1 aromatic carbocycles.